The molecule has 0 saturated carbocycles. The average Bonchev–Trinajstić information content (AvgIpc) is 2.55. The molecule has 1 atom stereocenters. The Morgan fingerprint density at radius 1 is 1.05 bits per heavy atom. The first-order chi connectivity index (χ1) is 10.6. The topological polar surface area (TPSA) is 47.6 Å². The van der Waals surface area contributed by atoms with E-state index in [0.29, 0.717) is 12.2 Å². The lowest BCUT2D eigenvalue weighted by Crippen LogP contribution is -2.32. The molecule has 0 fully saturated rings. The minimum Gasteiger partial charge on any atom is -0.497 e. The number of amides is 1. The summed E-state index contributed by atoms with van der Waals surface area (Å²) in [5.74, 6) is 1.25. The van der Waals surface area contributed by atoms with Gasteiger partial charge in [0.05, 0.1) is 7.11 Å². The Morgan fingerprint density at radius 2 is 1.64 bits per heavy atom. The number of rotatable bonds is 6. The predicted octanol–water partition coefficient (Wildman–Crippen LogP) is 3.80. The Bertz CT molecular complexity index is 605. The van der Waals surface area contributed by atoms with Crippen molar-refractivity contribution in [3.8, 4) is 11.5 Å². The first-order valence-corrected chi connectivity index (χ1v) is 7.30. The molecule has 4 nitrogen and oxygen atoms in total. The summed E-state index contributed by atoms with van der Waals surface area (Å²) in [6.45, 7) is 3.93. The number of carbonyl (C=O) groups is 1. The molecule has 0 heterocycles. The summed E-state index contributed by atoms with van der Waals surface area (Å²) in [5.41, 5.74) is 1.92. The van der Waals surface area contributed by atoms with E-state index in [2.05, 4.69) is 5.32 Å². The molecule has 1 unspecified atom stereocenters. The molecule has 2 rings (SSSR count). The van der Waals surface area contributed by atoms with Gasteiger partial charge in [-0.2, -0.15) is 0 Å². The van der Waals surface area contributed by atoms with Gasteiger partial charge in [-0.15, -0.1) is 0 Å². The number of hydrogen-bond donors (Lipinski definition) is 1. The van der Waals surface area contributed by atoms with Gasteiger partial charge >= 0.3 is 0 Å². The molecule has 116 valence electrons. The van der Waals surface area contributed by atoms with Crippen LogP contribution >= 0.6 is 0 Å². The molecule has 2 aromatic rings. The molecule has 0 bridgehead atoms. The van der Waals surface area contributed by atoms with E-state index in [1.165, 1.54) is 0 Å². The lowest BCUT2D eigenvalue weighted by Gasteiger charge is -2.17. The minimum atomic E-state index is -0.533. The average molecular weight is 299 g/mol. The highest BCUT2D eigenvalue weighted by molar-refractivity contribution is 5.94. The van der Waals surface area contributed by atoms with Crippen LogP contribution in [-0.2, 0) is 4.79 Å². The summed E-state index contributed by atoms with van der Waals surface area (Å²) in [4.78, 5) is 12.3. The molecule has 4 heteroatoms. The number of aryl methyl sites for hydroxylation is 1. The van der Waals surface area contributed by atoms with Crippen LogP contribution < -0.4 is 14.8 Å². The molecule has 0 aromatic heterocycles. The van der Waals surface area contributed by atoms with Crippen molar-refractivity contribution in [3.63, 3.8) is 0 Å². The molecule has 0 aliphatic rings. The van der Waals surface area contributed by atoms with Crippen LogP contribution in [-0.4, -0.2) is 19.1 Å². The van der Waals surface area contributed by atoms with Gasteiger partial charge in [-0.1, -0.05) is 24.6 Å². The van der Waals surface area contributed by atoms with Crippen LogP contribution in [0.3, 0.4) is 0 Å². The van der Waals surface area contributed by atoms with Crippen LogP contribution in [0.25, 0.3) is 0 Å². The molecular formula is C18H21NO3. The highest BCUT2D eigenvalue weighted by atomic mass is 16.5. The number of carbonyl (C=O) groups excluding carboxylic acids is 1. The van der Waals surface area contributed by atoms with Crippen molar-refractivity contribution in [2.45, 2.75) is 26.4 Å². The Hall–Kier alpha value is -2.49. The molecule has 0 spiro atoms. The summed E-state index contributed by atoms with van der Waals surface area (Å²) in [6.07, 6.45) is 0.0543. The van der Waals surface area contributed by atoms with E-state index in [1.807, 2.05) is 38.1 Å². The van der Waals surface area contributed by atoms with Crippen molar-refractivity contribution in [3.05, 3.63) is 54.1 Å². The largest absolute Gasteiger partial charge is 0.497 e. The van der Waals surface area contributed by atoms with E-state index in [4.69, 9.17) is 9.47 Å². The molecule has 0 saturated heterocycles. The van der Waals surface area contributed by atoms with Gasteiger partial charge in [-0.25, -0.2) is 0 Å². The second-order valence-corrected chi connectivity index (χ2v) is 5.05. The Labute approximate surface area is 131 Å². The summed E-state index contributed by atoms with van der Waals surface area (Å²) >= 11 is 0. The molecular weight excluding hydrogens is 278 g/mol. The molecule has 2 aromatic carbocycles. The van der Waals surface area contributed by atoms with Crippen molar-refractivity contribution in [2.24, 2.45) is 0 Å². The van der Waals surface area contributed by atoms with Gasteiger partial charge in [0.2, 0.25) is 0 Å². The summed E-state index contributed by atoms with van der Waals surface area (Å²) in [5, 5.41) is 2.87. The fourth-order valence-corrected chi connectivity index (χ4v) is 2.00. The Kier molecular flexibility index (Phi) is 5.42. The van der Waals surface area contributed by atoms with Crippen LogP contribution in [0, 0.1) is 6.92 Å². The maximum atomic E-state index is 12.3. The number of methoxy groups -OCH3 is 1. The lowest BCUT2D eigenvalue weighted by atomic mass is 10.2. The third kappa shape index (κ3) is 4.25. The molecule has 0 aliphatic heterocycles. The first kappa shape index (κ1) is 15.9. The van der Waals surface area contributed by atoms with Crippen LogP contribution in [0.2, 0.25) is 0 Å². The Morgan fingerprint density at radius 3 is 2.18 bits per heavy atom. The third-order valence-electron chi connectivity index (χ3n) is 3.32. The van der Waals surface area contributed by atoms with Gasteiger partial charge < -0.3 is 14.8 Å². The van der Waals surface area contributed by atoms with E-state index < -0.39 is 6.10 Å². The first-order valence-electron chi connectivity index (χ1n) is 7.30. The van der Waals surface area contributed by atoms with Gasteiger partial charge in [0, 0.05) is 5.69 Å². The zero-order valence-corrected chi connectivity index (χ0v) is 13.1. The molecule has 1 amide bonds. The summed E-state index contributed by atoms with van der Waals surface area (Å²) in [6, 6.07) is 14.9. The highest BCUT2D eigenvalue weighted by Gasteiger charge is 2.18. The van der Waals surface area contributed by atoms with E-state index in [1.54, 1.807) is 31.4 Å². The quantitative estimate of drug-likeness (QED) is 0.882. The van der Waals surface area contributed by atoms with E-state index in [-0.39, 0.29) is 5.91 Å². The van der Waals surface area contributed by atoms with Gasteiger partial charge in [0.1, 0.15) is 11.5 Å². The second kappa shape index (κ2) is 7.50. The molecule has 0 aliphatic carbocycles. The van der Waals surface area contributed by atoms with Gasteiger partial charge in [0.25, 0.3) is 5.91 Å². The minimum absolute atomic E-state index is 0.151. The molecule has 22 heavy (non-hydrogen) atoms. The van der Waals surface area contributed by atoms with Crippen LogP contribution in [0.5, 0.6) is 11.5 Å². The van der Waals surface area contributed by atoms with Crippen molar-refractivity contribution < 1.29 is 14.3 Å². The van der Waals surface area contributed by atoms with Crippen molar-refractivity contribution in [1.29, 1.82) is 0 Å². The molecule has 1 N–H and O–H groups in total. The van der Waals surface area contributed by atoms with Gasteiger partial charge in [-0.05, 0) is 49.7 Å². The van der Waals surface area contributed by atoms with Crippen LogP contribution in [0.15, 0.2) is 48.5 Å². The highest BCUT2D eigenvalue weighted by Crippen LogP contribution is 2.19. The van der Waals surface area contributed by atoms with E-state index in [9.17, 15) is 4.79 Å². The van der Waals surface area contributed by atoms with Crippen molar-refractivity contribution in [2.75, 3.05) is 12.4 Å². The zero-order chi connectivity index (χ0) is 15.9. The third-order valence-corrected chi connectivity index (χ3v) is 3.32. The second-order valence-electron chi connectivity index (χ2n) is 5.05. The number of nitrogens with one attached hydrogen (secondary N) is 1. The predicted molar refractivity (Wildman–Crippen MR) is 87.5 cm³/mol. The van der Waals surface area contributed by atoms with Gasteiger partial charge in [-0.3, -0.25) is 4.79 Å². The Balaban J connectivity index is 2.00. The number of anilines is 1. The van der Waals surface area contributed by atoms with Crippen molar-refractivity contribution >= 4 is 11.6 Å². The maximum absolute atomic E-state index is 12.3. The standard InChI is InChI=1S/C18H21NO3/c1-4-17(22-16-11-9-15(21-3)10-12-16)18(20)19-14-7-5-13(2)6-8-14/h5-12,17H,4H2,1-3H3,(H,19,20). The number of benzene rings is 2. The summed E-state index contributed by atoms with van der Waals surface area (Å²) < 4.78 is 10.9. The smallest absolute Gasteiger partial charge is 0.265 e. The fraction of sp³-hybridized carbons (Fsp3) is 0.278. The lowest BCUT2D eigenvalue weighted by molar-refractivity contribution is -0.122. The zero-order valence-electron chi connectivity index (χ0n) is 13.1. The van der Waals surface area contributed by atoms with E-state index >= 15 is 0 Å². The SMILES string of the molecule is CCC(Oc1ccc(OC)cc1)C(=O)Nc1ccc(C)cc1. The summed E-state index contributed by atoms with van der Waals surface area (Å²) in [7, 11) is 1.61. The van der Waals surface area contributed by atoms with Gasteiger partial charge in [0.15, 0.2) is 6.10 Å². The van der Waals surface area contributed by atoms with E-state index in [0.717, 1.165) is 17.0 Å². The normalized spacial score (nSPS) is 11.6. The number of hydrogen-bond acceptors (Lipinski definition) is 3. The fourth-order valence-electron chi connectivity index (χ4n) is 2.00. The van der Waals surface area contributed by atoms with Crippen LogP contribution in [0.1, 0.15) is 18.9 Å². The molecule has 0 radical (unpaired) electrons. The number of ether oxygens (including phenoxy) is 2. The monoisotopic (exact) mass is 299 g/mol. The van der Waals surface area contributed by atoms with Crippen molar-refractivity contribution in [1.82, 2.24) is 0 Å². The van der Waals surface area contributed by atoms with Crippen LogP contribution in [0.4, 0.5) is 5.69 Å². The maximum Gasteiger partial charge on any atom is 0.265 e.